The molecular formula is C9H14N4O. The fourth-order valence-corrected chi connectivity index (χ4v) is 1.72. The SMILES string of the molecule is CC1CN(c2ncncc2N)CC1O. The lowest BCUT2D eigenvalue weighted by atomic mass is 10.1. The first kappa shape index (κ1) is 9.21. The molecule has 3 N–H and O–H groups in total. The first-order valence-electron chi connectivity index (χ1n) is 4.67. The number of hydrogen-bond donors (Lipinski definition) is 2. The Morgan fingerprint density at radius 1 is 1.57 bits per heavy atom. The third kappa shape index (κ3) is 1.50. The number of hydrogen-bond acceptors (Lipinski definition) is 5. The molecule has 5 nitrogen and oxygen atoms in total. The van der Waals surface area contributed by atoms with E-state index in [2.05, 4.69) is 9.97 Å². The molecule has 0 amide bonds. The van der Waals surface area contributed by atoms with Crippen LogP contribution in [0, 0.1) is 5.92 Å². The van der Waals surface area contributed by atoms with Crippen molar-refractivity contribution in [2.24, 2.45) is 5.92 Å². The molecule has 0 saturated carbocycles. The van der Waals surface area contributed by atoms with Gasteiger partial charge in [0.1, 0.15) is 6.33 Å². The second-order valence-electron chi connectivity index (χ2n) is 3.75. The first-order valence-corrected chi connectivity index (χ1v) is 4.67. The highest BCUT2D eigenvalue weighted by atomic mass is 16.3. The molecule has 1 aromatic heterocycles. The number of nitrogens with two attached hydrogens (primary N) is 1. The van der Waals surface area contributed by atoms with Gasteiger partial charge in [-0.15, -0.1) is 0 Å². The molecule has 0 aromatic carbocycles. The van der Waals surface area contributed by atoms with Gasteiger partial charge in [-0.2, -0.15) is 0 Å². The molecule has 1 aromatic rings. The lowest BCUT2D eigenvalue weighted by Gasteiger charge is -2.17. The Morgan fingerprint density at radius 2 is 2.36 bits per heavy atom. The highest BCUT2D eigenvalue weighted by Crippen LogP contribution is 2.25. The van der Waals surface area contributed by atoms with Crippen LogP contribution >= 0.6 is 0 Å². The summed E-state index contributed by atoms with van der Waals surface area (Å²) in [6.45, 7) is 3.41. The van der Waals surface area contributed by atoms with E-state index in [0.717, 1.165) is 12.4 Å². The Balaban J connectivity index is 2.21. The minimum absolute atomic E-state index is 0.268. The highest BCUT2D eigenvalue weighted by molar-refractivity contribution is 5.61. The maximum Gasteiger partial charge on any atom is 0.155 e. The summed E-state index contributed by atoms with van der Waals surface area (Å²) >= 11 is 0. The Morgan fingerprint density at radius 3 is 2.93 bits per heavy atom. The number of β-amino-alcohol motifs (C(OH)–C–C–N with tert-alkyl or cyclic N) is 1. The molecule has 0 aliphatic carbocycles. The molecule has 1 aliphatic heterocycles. The van der Waals surface area contributed by atoms with Gasteiger partial charge in [-0.3, -0.25) is 0 Å². The van der Waals surface area contributed by atoms with Gasteiger partial charge in [0, 0.05) is 19.0 Å². The van der Waals surface area contributed by atoms with Gasteiger partial charge in [0.25, 0.3) is 0 Å². The number of rotatable bonds is 1. The number of nitrogens with zero attached hydrogens (tertiary/aromatic N) is 3. The predicted octanol–water partition coefficient (Wildman–Crippen LogP) is -0.124. The highest BCUT2D eigenvalue weighted by Gasteiger charge is 2.29. The number of aliphatic hydroxyl groups excluding tert-OH is 1. The Labute approximate surface area is 82.6 Å². The van der Waals surface area contributed by atoms with E-state index in [9.17, 15) is 5.11 Å². The molecule has 14 heavy (non-hydrogen) atoms. The summed E-state index contributed by atoms with van der Waals surface area (Å²) in [7, 11) is 0. The van der Waals surface area contributed by atoms with E-state index < -0.39 is 0 Å². The minimum Gasteiger partial charge on any atom is -0.394 e. The molecule has 76 valence electrons. The van der Waals surface area contributed by atoms with Crippen LogP contribution in [0.25, 0.3) is 0 Å². The van der Waals surface area contributed by atoms with Crippen LogP contribution in [0.3, 0.4) is 0 Å². The van der Waals surface area contributed by atoms with Crippen molar-refractivity contribution < 1.29 is 5.11 Å². The van der Waals surface area contributed by atoms with Crippen LogP contribution in [0.1, 0.15) is 6.92 Å². The van der Waals surface area contributed by atoms with E-state index in [4.69, 9.17) is 5.73 Å². The third-order valence-corrected chi connectivity index (χ3v) is 2.59. The van der Waals surface area contributed by atoms with Gasteiger partial charge in [-0.25, -0.2) is 9.97 Å². The summed E-state index contributed by atoms with van der Waals surface area (Å²) in [6, 6.07) is 0. The quantitative estimate of drug-likeness (QED) is 0.651. The van der Waals surface area contributed by atoms with E-state index in [0.29, 0.717) is 12.2 Å². The molecule has 1 aliphatic rings. The summed E-state index contributed by atoms with van der Waals surface area (Å²) in [4.78, 5) is 9.93. The van der Waals surface area contributed by atoms with Crippen LogP contribution in [0.5, 0.6) is 0 Å². The normalized spacial score (nSPS) is 26.9. The zero-order valence-corrected chi connectivity index (χ0v) is 8.09. The lowest BCUT2D eigenvalue weighted by Crippen LogP contribution is -2.23. The van der Waals surface area contributed by atoms with Crippen LogP contribution in [0.15, 0.2) is 12.5 Å². The average Bonchev–Trinajstić information content (AvgIpc) is 2.48. The third-order valence-electron chi connectivity index (χ3n) is 2.59. The lowest BCUT2D eigenvalue weighted by molar-refractivity contribution is 0.157. The van der Waals surface area contributed by atoms with E-state index in [1.54, 1.807) is 6.20 Å². The molecule has 5 heteroatoms. The fraction of sp³-hybridized carbons (Fsp3) is 0.556. The molecule has 2 heterocycles. The Hall–Kier alpha value is -1.36. The fourth-order valence-electron chi connectivity index (χ4n) is 1.72. The predicted molar refractivity (Wildman–Crippen MR) is 53.8 cm³/mol. The summed E-state index contributed by atoms with van der Waals surface area (Å²) in [5.41, 5.74) is 6.31. The van der Waals surface area contributed by atoms with E-state index in [-0.39, 0.29) is 12.0 Å². The standard InChI is InChI=1S/C9H14N4O/c1-6-3-13(4-8(6)14)9-7(10)2-11-5-12-9/h2,5-6,8,14H,3-4,10H2,1H3. The van der Waals surface area contributed by atoms with Crippen molar-refractivity contribution in [2.45, 2.75) is 13.0 Å². The molecule has 2 atom stereocenters. The number of nitrogen functional groups attached to an aromatic ring is 1. The van der Waals surface area contributed by atoms with Crippen LogP contribution in [0.2, 0.25) is 0 Å². The zero-order chi connectivity index (χ0) is 10.1. The molecule has 0 spiro atoms. The van der Waals surface area contributed by atoms with E-state index >= 15 is 0 Å². The van der Waals surface area contributed by atoms with Gasteiger partial charge in [0.05, 0.1) is 18.0 Å². The molecule has 1 saturated heterocycles. The number of anilines is 2. The summed E-state index contributed by atoms with van der Waals surface area (Å²) in [6.07, 6.45) is 2.77. The van der Waals surface area contributed by atoms with Gasteiger partial charge in [0.2, 0.25) is 0 Å². The maximum atomic E-state index is 9.59. The van der Waals surface area contributed by atoms with Gasteiger partial charge in [0.15, 0.2) is 5.82 Å². The molecule has 0 bridgehead atoms. The van der Waals surface area contributed by atoms with Gasteiger partial charge >= 0.3 is 0 Å². The van der Waals surface area contributed by atoms with Crippen LogP contribution < -0.4 is 10.6 Å². The number of aliphatic hydroxyl groups is 1. The van der Waals surface area contributed by atoms with Crippen molar-refractivity contribution in [3.63, 3.8) is 0 Å². The molecule has 0 radical (unpaired) electrons. The molecular weight excluding hydrogens is 180 g/mol. The van der Waals surface area contributed by atoms with Gasteiger partial charge in [-0.1, -0.05) is 6.92 Å². The van der Waals surface area contributed by atoms with E-state index in [1.165, 1.54) is 6.33 Å². The summed E-state index contributed by atoms with van der Waals surface area (Å²) in [5, 5.41) is 9.59. The van der Waals surface area contributed by atoms with Gasteiger partial charge < -0.3 is 15.7 Å². The van der Waals surface area contributed by atoms with Crippen LogP contribution in [-0.4, -0.2) is 34.3 Å². The zero-order valence-electron chi connectivity index (χ0n) is 8.09. The first-order chi connectivity index (χ1) is 6.68. The van der Waals surface area contributed by atoms with E-state index in [1.807, 2.05) is 11.8 Å². The molecule has 2 unspecified atom stereocenters. The van der Waals surface area contributed by atoms with Crippen molar-refractivity contribution in [3.8, 4) is 0 Å². The van der Waals surface area contributed by atoms with Crippen molar-refractivity contribution in [2.75, 3.05) is 23.7 Å². The van der Waals surface area contributed by atoms with Crippen molar-refractivity contribution in [1.82, 2.24) is 9.97 Å². The van der Waals surface area contributed by atoms with Crippen molar-refractivity contribution in [1.29, 1.82) is 0 Å². The smallest absolute Gasteiger partial charge is 0.155 e. The van der Waals surface area contributed by atoms with Gasteiger partial charge in [-0.05, 0) is 0 Å². The van der Waals surface area contributed by atoms with Crippen molar-refractivity contribution >= 4 is 11.5 Å². The second-order valence-corrected chi connectivity index (χ2v) is 3.75. The Kier molecular flexibility index (Phi) is 2.25. The summed E-state index contributed by atoms with van der Waals surface area (Å²) in [5.74, 6) is 0.993. The monoisotopic (exact) mass is 194 g/mol. The summed E-state index contributed by atoms with van der Waals surface area (Å²) < 4.78 is 0. The largest absolute Gasteiger partial charge is 0.394 e. The van der Waals surface area contributed by atoms with Crippen LogP contribution in [-0.2, 0) is 0 Å². The molecule has 2 rings (SSSR count). The average molecular weight is 194 g/mol. The van der Waals surface area contributed by atoms with Crippen molar-refractivity contribution in [3.05, 3.63) is 12.5 Å². The second kappa shape index (κ2) is 3.42. The number of aromatic nitrogens is 2. The molecule has 1 fully saturated rings. The maximum absolute atomic E-state index is 9.59. The topological polar surface area (TPSA) is 75.3 Å². The van der Waals surface area contributed by atoms with Crippen LogP contribution in [0.4, 0.5) is 11.5 Å². The minimum atomic E-state index is -0.288. The Bertz CT molecular complexity index is 320.